The summed E-state index contributed by atoms with van der Waals surface area (Å²) >= 11 is 0. The molecule has 0 aromatic rings. The maximum atomic E-state index is 11.7. The van der Waals surface area contributed by atoms with Gasteiger partial charge in [0, 0.05) is 5.92 Å². The van der Waals surface area contributed by atoms with E-state index in [1.165, 1.54) is 6.92 Å². The van der Waals surface area contributed by atoms with Crippen LogP contribution in [0.15, 0.2) is 0 Å². The van der Waals surface area contributed by atoms with Gasteiger partial charge in [0.05, 0.1) is 0 Å². The Labute approximate surface area is 91.1 Å². The molecule has 2 atom stereocenters. The second-order valence-electron chi connectivity index (χ2n) is 4.21. The van der Waals surface area contributed by atoms with Crippen molar-refractivity contribution < 1.29 is 14.7 Å². The molecule has 0 spiro atoms. The number of hydrogen-bond acceptors (Lipinski definition) is 2. The van der Waals surface area contributed by atoms with E-state index >= 15 is 0 Å². The molecule has 0 heterocycles. The highest BCUT2D eigenvalue weighted by atomic mass is 16.4. The first-order valence-corrected chi connectivity index (χ1v) is 5.43. The summed E-state index contributed by atoms with van der Waals surface area (Å²) in [6, 6.07) is -0.810. The van der Waals surface area contributed by atoms with Crippen molar-refractivity contribution in [2.45, 2.75) is 46.6 Å². The summed E-state index contributed by atoms with van der Waals surface area (Å²) in [5, 5.41) is 11.2. The van der Waals surface area contributed by atoms with Gasteiger partial charge in [0.25, 0.3) is 0 Å². The predicted octanol–water partition coefficient (Wildman–Crippen LogP) is 1.65. The van der Waals surface area contributed by atoms with Crippen LogP contribution in [-0.2, 0) is 9.59 Å². The van der Waals surface area contributed by atoms with Gasteiger partial charge in [-0.2, -0.15) is 0 Å². The van der Waals surface area contributed by atoms with E-state index in [1.54, 1.807) is 0 Å². The highest BCUT2D eigenvalue weighted by molar-refractivity contribution is 5.84. The molecule has 1 unspecified atom stereocenters. The molecule has 88 valence electrons. The Morgan fingerprint density at radius 2 is 1.80 bits per heavy atom. The molecule has 15 heavy (non-hydrogen) atoms. The summed E-state index contributed by atoms with van der Waals surface area (Å²) in [6.45, 7) is 7.45. The highest BCUT2D eigenvalue weighted by Crippen LogP contribution is 2.17. The summed E-state index contributed by atoms with van der Waals surface area (Å²) in [7, 11) is 0. The van der Waals surface area contributed by atoms with Crippen LogP contribution in [0.4, 0.5) is 0 Å². The van der Waals surface area contributed by atoms with Crippen LogP contribution >= 0.6 is 0 Å². The summed E-state index contributed by atoms with van der Waals surface area (Å²) < 4.78 is 0. The number of hydrogen-bond donors (Lipinski definition) is 2. The summed E-state index contributed by atoms with van der Waals surface area (Å²) in [4.78, 5) is 22.3. The maximum absolute atomic E-state index is 11.7. The average Bonchev–Trinajstić information content (AvgIpc) is 2.12. The Bertz CT molecular complexity index is 226. The first-order valence-electron chi connectivity index (χ1n) is 5.43. The lowest BCUT2D eigenvalue weighted by Gasteiger charge is -2.20. The zero-order valence-electron chi connectivity index (χ0n) is 9.91. The Balaban J connectivity index is 4.32. The van der Waals surface area contributed by atoms with Crippen molar-refractivity contribution in [1.82, 2.24) is 5.32 Å². The van der Waals surface area contributed by atoms with E-state index in [4.69, 9.17) is 5.11 Å². The molecule has 0 rings (SSSR count). The van der Waals surface area contributed by atoms with Crippen LogP contribution in [0.1, 0.15) is 40.5 Å². The van der Waals surface area contributed by atoms with Crippen LogP contribution in [0, 0.1) is 11.8 Å². The first kappa shape index (κ1) is 13.9. The van der Waals surface area contributed by atoms with Gasteiger partial charge in [0.1, 0.15) is 6.04 Å². The Morgan fingerprint density at radius 3 is 2.13 bits per heavy atom. The van der Waals surface area contributed by atoms with E-state index in [1.807, 2.05) is 20.8 Å². The molecule has 0 bridgehead atoms. The van der Waals surface area contributed by atoms with E-state index in [9.17, 15) is 9.59 Å². The van der Waals surface area contributed by atoms with Gasteiger partial charge in [-0.05, 0) is 19.3 Å². The summed E-state index contributed by atoms with van der Waals surface area (Å²) in [5.74, 6) is -0.994. The minimum Gasteiger partial charge on any atom is -0.480 e. The maximum Gasteiger partial charge on any atom is 0.325 e. The molecular formula is C11H21NO3. The molecule has 0 aromatic carbocycles. The van der Waals surface area contributed by atoms with Gasteiger partial charge in [-0.15, -0.1) is 0 Å². The number of carboxylic acid groups (broad SMARTS) is 1. The monoisotopic (exact) mass is 215 g/mol. The number of carbonyl (C=O) groups is 2. The van der Waals surface area contributed by atoms with Gasteiger partial charge in [0.2, 0.25) is 5.91 Å². The topological polar surface area (TPSA) is 66.4 Å². The van der Waals surface area contributed by atoms with Crippen molar-refractivity contribution in [2.24, 2.45) is 11.8 Å². The second kappa shape index (κ2) is 6.43. The van der Waals surface area contributed by atoms with Crippen molar-refractivity contribution in [3.8, 4) is 0 Å². The third-order valence-corrected chi connectivity index (χ3v) is 2.47. The lowest BCUT2D eigenvalue weighted by Crippen LogP contribution is -2.42. The zero-order chi connectivity index (χ0) is 12.0. The van der Waals surface area contributed by atoms with Crippen LogP contribution in [0.5, 0.6) is 0 Å². The molecule has 0 aromatic heterocycles. The molecular weight excluding hydrogens is 194 g/mol. The molecule has 0 fully saturated rings. The Kier molecular flexibility index (Phi) is 5.97. The van der Waals surface area contributed by atoms with Crippen molar-refractivity contribution in [1.29, 1.82) is 0 Å². The summed E-state index contributed by atoms with van der Waals surface area (Å²) in [5.41, 5.74) is 0. The van der Waals surface area contributed by atoms with Gasteiger partial charge in [-0.3, -0.25) is 9.59 Å². The van der Waals surface area contributed by atoms with Crippen LogP contribution in [0.2, 0.25) is 0 Å². The minimum absolute atomic E-state index is 0.0863. The number of nitrogens with one attached hydrogen (secondary N) is 1. The van der Waals surface area contributed by atoms with Gasteiger partial charge >= 0.3 is 5.97 Å². The number of aliphatic carboxylic acids is 1. The van der Waals surface area contributed by atoms with Crippen molar-refractivity contribution in [2.75, 3.05) is 0 Å². The predicted molar refractivity (Wildman–Crippen MR) is 58.5 cm³/mol. The van der Waals surface area contributed by atoms with Crippen molar-refractivity contribution in [3.63, 3.8) is 0 Å². The molecule has 0 aliphatic carbocycles. The third-order valence-electron chi connectivity index (χ3n) is 2.47. The Hall–Kier alpha value is -1.06. The molecule has 0 saturated carbocycles. The van der Waals surface area contributed by atoms with E-state index in [0.717, 1.165) is 12.8 Å². The quantitative estimate of drug-likeness (QED) is 0.708. The lowest BCUT2D eigenvalue weighted by molar-refractivity contribution is -0.142. The largest absolute Gasteiger partial charge is 0.480 e. The smallest absolute Gasteiger partial charge is 0.325 e. The standard InChI is InChI=1S/C11H21NO3/c1-5-6-9(7(2)3)10(13)12-8(4)11(14)15/h7-9H,5-6H2,1-4H3,(H,12,13)(H,14,15)/t8-,9?/m1/s1. The van der Waals surface area contributed by atoms with E-state index in [-0.39, 0.29) is 17.7 Å². The molecule has 1 amide bonds. The van der Waals surface area contributed by atoms with Crippen molar-refractivity contribution >= 4 is 11.9 Å². The summed E-state index contributed by atoms with van der Waals surface area (Å²) in [6.07, 6.45) is 1.73. The van der Waals surface area contributed by atoms with Gasteiger partial charge in [-0.25, -0.2) is 0 Å². The molecule has 0 aliphatic rings. The third kappa shape index (κ3) is 4.81. The Morgan fingerprint density at radius 1 is 1.27 bits per heavy atom. The number of carbonyl (C=O) groups excluding carboxylic acids is 1. The van der Waals surface area contributed by atoms with Crippen LogP contribution < -0.4 is 5.32 Å². The molecule has 4 heteroatoms. The van der Waals surface area contributed by atoms with Crippen LogP contribution in [-0.4, -0.2) is 23.0 Å². The van der Waals surface area contributed by atoms with Gasteiger partial charge in [0.15, 0.2) is 0 Å². The second-order valence-corrected chi connectivity index (χ2v) is 4.21. The van der Waals surface area contributed by atoms with E-state index in [0.29, 0.717) is 0 Å². The van der Waals surface area contributed by atoms with Gasteiger partial charge in [-0.1, -0.05) is 27.2 Å². The first-order chi connectivity index (χ1) is 6.90. The SMILES string of the molecule is CCCC(C(=O)N[C@H](C)C(=O)O)C(C)C. The zero-order valence-corrected chi connectivity index (χ0v) is 9.91. The molecule has 0 radical (unpaired) electrons. The fourth-order valence-corrected chi connectivity index (χ4v) is 1.46. The number of amides is 1. The van der Waals surface area contributed by atoms with Gasteiger partial charge < -0.3 is 10.4 Å². The van der Waals surface area contributed by atoms with Crippen molar-refractivity contribution in [3.05, 3.63) is 0 Å². The lowest BCUT2D eigenvalue weighted by atomic mass is 9.90. The minimum atomic E-state index is -0.998. The van der Waals surface area contributed by atoms with E-state index < -0.39 is 12.0 Å². The fraction of sp³-hybridized carbons (Fsp3) is 0.818. The average molecular weight is 215 g/mol. The highest BCUT2D eigenvalue weighted by Gasteiger charge is 2.24. The van der Waals surface area contributed by atoms with E-state index in [2.05, 4.69) is 5.32 Å². The molecule has 0 aliphatic heterocycles. The molecule has 2 N–H and O–H groups in total. The normalized spacial score (nSPS) is 14.7. The van der Waals surface area contributed by atoms with Crippen LogP contribution in [0.3, 0.4) is 0 Å². The number of carboxylic acids is 1. The number of rotatable bonds is 6. The molecule has 4 nitrogen and oxygen atoms in total. The molecule has 0 saturated heterocycles. The fourth-order valence-electron chi connectivity index (χ4n) is 1.46. The van der Waals surface area contributed by atoms with Crippen LogP contribution in [0.25, 0.3) is 0 Å².